The van der Waals surface area contributed by atoms with E-state index in [0.29, 0.717) is 12.5 Å². The standard InChI is InChI=1S/C18H28N6O2/c1-22-4-6-23(7-5-22)18(26)21-14-8-13(9-14)16-10-17(20-12-19-16)24-3-2-15(25)11-24/h10,12-15,25H,2-9,11H2,1H3,(H,21,26)/t13?,14?,15-/m1/s1. The summed E-state index contributed by atoms with van der Waals surface area (Å²) in [5.41, 5.74) is 1.04. The molecule has 0 aromatic carbocycles. The van der Waals surface area contributed by atoms with Gasteiger partial charge in [0.15, 0.2) is 0 Å². The van der Waals surface area contributed by atoms with E-state index in [9.17, 15) is 9.90 Å². The van der Waals surface area contributed by atoms with Gasteiger partial charge in [0.1, 0.15) is 12.1 Å². The zero-order valence-electron chi connectivity index (χ0n) is 15.3. The van der Waals surface area contributed by atoms with E-state index in [4.69, 9.17) is 0 Å². The molecule has 0 unspecified atom stereocenters. The number of urea groups is 1. The molecule has 26 heavy (non-hydrogen) atoms. The summed E-state index contributed by atoms with van der Waals surface area (Å²) in [6.45, 7) is 4.97. The van der Waals surface area contributed by atoms with E-state index in [1.807, 2.05) is 11.0 Å². The lowest BCUT2D eigenvalue weighted by Crippen LogP contribution is -2.54. The molecule has 3 aliphatic rings. The van der Waals surface area contributed by atoms with Crippen LogP contribution in [0.1, 0.15) is 30.9 Å². The number of carbonyl (C=O) groups excluding carboxylic acids is 1. The minimum Gasteiger partial charge on any atom is -0.391 e. The lowest BCUT2D eigenvalue weighted by molar-refractivity contribution is 0.145. The van der Waals surface area contributed by atoms with Crippen LogP contribution in [-0.4, -0.2) is 89.4 Å². The molecule has 2 aliphatic heterocycles. The van der Waals surface area contributed by atoms with Crippen LogP contribution >= 0.6 is 0 Å². The number of aromatic nitrogens is 2. The maximum Gasteiger partial charge on any atom is 0.317 e. The minimum atomic E-state index is -0.258. The van der Waals surface area contributed by atoms with Crippen molar-refractivity contribution in [2.75, 3.05) is 51.2 Å². The molecule has 8 nitrogen and oxygen atoms in total. The number of likely N-dealkylation sites (N-methyl/N-ethyl adjacent to an activating group) is 1. The molecule has 8 heteroatoms. The van der Waals surface area contributed by atoms with Crippen LogP contribution in [0.2, 0.25) is 0 Å². The van der Waals surface area contributed by atoms with Crippen LogP contribution in [0.25, 0.3) is 0 Å². The van der Waals surface area contributed by atoms with Crippen LogP contribution in [0.15, 0.2) is 12.4 Å². The van der Waals surface area contributed by atoms with Crippen molar-refractivity contribution in [2.24, 2.45) is 0 Å². The number of aliphatic hydroxyl groups excluding tert-OH is 1. The summed E-state index contributed by atoms with van der Waals surface area (Å²) in [6.07, 6.45) is 4.01. The number of piperazine rings is 1. The lowest BCUT2D eigenvalue weighted by atomic mass is 9.78. The predicted molar refractivity (Wildman–Crippen MR) is 98.2 cm³/mol. The van der Waals surface area contributed by atoms with E-state index < -0.39 is 0 Å². The summed E-state index contributed by atoms with van der Waals surface area (Å²) in [5, 5.41) is 12.9. The van der Waals surface area contributed by atoms with Crippen molar-refractivity contribution in [3.05, 3.63) is 18.1 Å². The molecule has 1 saturated carbocycles. The van der Waals surface area contributed by atoms with Crippen LogP contribution in [-0.2, 0) is 0 Å². The first-order valence-corrected chi connectivity index (χ1v) is 9.57. The van der Waals surface area contributed by atoms with Gasteiger partial charge < -0.3 is 25.1 Å². The number of nitrogens with zero attached hydrogens (tertiary/aromatic N) is 5. The molecule has 4 rings (SSSR count). The number of amides is 2. The molecule has 142 valence electrons. The maximum atomic E-state index is 12.4. The highest BCUT2D eigenvalue weighted by Crippen LogP contribution is 2.37. The van der Waals surface area contributed by atoms with Crippen LogP contribution in [0.4, 0.5) is 10.6 Å². The first kappa shape index (κ1) is 17.5. The molecule has 0 radical (unpaired) electrons. The average Bonchev–Trinajstić information content (AvgIpc) is 3.05. The Kier molecular flexibility index (Phi) is 4.95. The third-order valence-corrected chi connectivity index (χ3v) is 5.84. The zero-order valence-corrected chi connectivity index (χ0v) is 15.3. The monoisotopic (exact) mass is 360 g/mol. The summed E-state index contributed by atoms with van der Waals surface area (Å²) >= 11 is 0. The fraction of sp³-hybridized carbons (Fsp3) is 0.722. The predicted octanol–water partition coefficient (Wildman–Crippen LogP) is 0.251. The SMILES string of the molecule is CN1CCN(C(=O)NC2CC(c3cc(N4CC[C@@H](O)C4)ncn3)C2)CC1. The van der Waals surface area contributed by atoms with Crippen molar-refractivity contribution in [1.29, 1.82) is 0 Å². The van der Waals surface area contributed by atoms with Gasteiger partial charge in [0, 0.05) is 63.0 Å². The summed E-state index contributed by atoms with van der Waals surface area (Å²) in [7, 11) is 2.09. The Labute approximate surface area is 154 Å². The molecule has 1 aliphatic carbocycles. The number of β-amino-alcohol motifs (C(OH)–C–C–N with tert-alkyl or cyclic N) is 1. The normalized spacial score (nSPS) is 29.5. The van der Waals surface area contributed by atoms with Gasteiger partial charge in [0.25, 0.3) is 0 Å². The molecular weight excluding hydrogens is 332 g/mol. The zero-order chi connectivity index (χ0) is 18.1. The van der Waals surface area contributed by atoms with Crippen molar-refractivity contribution in [3.63, 3.8) is 0 Å². The third kappa shape index (κ3) is 3.76. The fourth-order valence-electron chi connectivity index (χ4n) is 3.96. The Morgan fingerprint density at radius 1 is 1.19 bits per heavy atom. The van der Waals surface area contributed by atoms with E-state index in [0.717, 1.165) is 63.5 Å². The lowest BCUT2D eigenvalue weighted by Gasteiger charge is -2.38. The molecule has 3 heterocycles. The maximum absolute atomic E-state index is 12.4. The van der Waals surface area contributed by atoms with Gasteiger partial charge in [-0.05, 0) is 26.3 Å². The van der Waals surface area contributed by atoms with Gasteiger partial charge in [-0.1, -0.05) is 0 Å². The molecule has 1 aromatic heterocycles. The van der Waals surface area contributed by atoms with Crippen molar-refractivity contribution in [3.8, 4) is 0 Å². The molecule has 1 aromatic rings. The summed E-state index contributed by atoms with van der Waals surface area (Å²) in [6, 6.07) is 2.34. The smallest absolute Gasteiger partial charge is 0.317 e. The van der Waals surface area contributed by atoms with E-state index in [1.165, 1.54) is 0 Å². The Morgan fingerprint density at radius 3 is 2.65 bits per heavy atom. The second-order valence-electron chi connectivity index (χ2n) is 7.79. The quantitative estimate of drug-likeness (QED) is 0.804. The van der Waals surface area contributed by atoms with Crippen molar-refractivity contribution in [2.45, 2.75) is 37.3 Å². The molecule has 3 fully saturated rings. The van der Waals surface area contributed by atoms with E-state index in [2.05, 4.69) is 32.1 Å². The molecule has 1 atom stereocenters. The minimum absolute atomic E-state index is 0.0657. The number of anilines is 1. The Hall–Kier alpha value is -1.93. The second-order valence-corrected chi connectivity index (χ2v) is 7.79. The number of rotatable bonds is 3. The topological polar surface area (TPSA) is 84.8 Å². The van der Waals surface area contributed by atoms with Crippen LogP contribution in [0.5, 0.6) is 0 Å². The van der Waals surface area contributed by atoms with Crippen molar-refractivity contribution in [1.82, 2.24) is 25.1 Å². The van der Waals surface area contributed by atoms with Gasteiger partial charge in [-0.2, -0.15) is 0 Å². The van der Waals surface area contributed by atoms with E-state index in [-0.39, 0.29) is 18.2 Å². The van der Waals surface area contributed by atoms with E-state index >= 15 is 0 Å². The van der Waals surface area contributed by atoms with Gasteiger partial charge in [0.05, 0.1) is 6.10 Å². The molecule has 2 amide bonds. The van der Waals surface area contributed by atoms with Gasteiger partial charge in [-0.3, -0.25) is 0 Å². The molecule has 2 N–H and O–H groups in total. The van der Waals surface area contributed by atoms with Gasteiger partial charge >= 0.3 is 6.03 Å². The highest BCUT2D eigenvalue weighted by atomic mass is 16.3. The Bertz CT molecular complexity index is 642. The highest BCUT2D eigenvalue weighted by Gasteiger charge is 2.34. The van der Waals surface area contributed by atoms with E-state index in [1.54, 1.807) is 6.33 Å². The first-order chi connectivity index (χ1) is 12.6. The van der Waals surface area contributed by atoms with Crippen LogP contribution < -0.4 is 10.2 Å². The number of hydrogen-bond donors (Lipinski definition) is 2. The van der Waals surface area contributed by atoms with Gasteiger partial charge in [0.2, 0.25) is 0 Å². The van der Waals surface area contributed by atoms with Crippen LogP contribution in [0, 0.1) is 0 Å². The second kappa shape index (κ2) is 7.36. The third-order valence-electron chi connectivity index (χ3n) is 5.84. The highest BCUT2D eigenvalue weighted by molar-refractivity contribution is 5.74. The fourth-order valence-corrected chi connectivity index (χ4v) is 3.96. The number of carbonyl (C=O) groups is 1. The average molecular weight is 360 g/mol. The van der Waals surface area contributed by atoms with Crippen molar-refractivity contribution >= 4 is 11.8 Å². The summed E-state index contributed by atoms with van der Waals surface area (Å²) in [4.78, 5) is 27.4. The Morgan fingerprint density at radius 2 is 1.96 bits per heavy atom. The number of aliphatic hydroxyl groups is 1. The molecule has 0 spiro atoms. The number of nitrogens with one attached hydrogen (secondary N) is 1. The van der Waals surface area contributed by atoms with Gasteiger partial charge in [-0.15, -0.1) is 0 Å². The molecule has 0 bridgehead atoms. The summed E-state index contributed by atoms with van der Waals surface area (Å²) in [5.74, 6) is 1.28. The largest absolute Gasteiger partial charge is 0.391 e. The first-order valence-electron chi connectivity index (χ1n) is 9.57. The number of hydrogen-bond acceptors (Lipinski definition) is 6. The molecular formula is C18H28N6O2. The summed E-state index contributed by atoms with van der Waals surface area (Å²) < 4.78 is 0. The van der Waals surface area contributed by atoms with Crippen molar-refractivity contribution < 1.29 is 9.90 Å². The van der Waals surface area contributed by atoms with Gasteiger partial charge in [-0.25, -0.2) is 14.8 Å². The van der Waals surface area contributed by atoms with Crippen LogP contribution in [0.3, 0.4) is 0 Å². The Balaban J connectivity index is 1.27. The molecule has 2 saturated heterocycles.